The summed E-state index contributed by atoms with van der Waals surface area (Å²) in [5.41, 5.74) is 1.77. The van der Waals surface area contributed by atoms with E-state index in [1.165, 1.54) is 6.08 Å². The Morgan fingerprint density at radius 2 is 1.62 bits per heavy atom. The molecule has 0 fully saturated rings. The van der Waals surface area contributed by atoms with Crippen LogP contribution in [0.3, 0.4) is 0 Å². The summed E-state index contributed by atoms with van der Waals surface area (Å²) in [5.74, 6) is -2.10. The fourth-order valence-corrected chi connectivity index (χ4v) is 2.06. The third-order valence-corrected chi connectivity index (χ3v) is 3.67. The summed E-state index contributed by atoms with van der Waals surface area (Å²) in [5, 5.41) is 27.9. The van der Waals surface area contributed by atoms with Crippen molar-refractivity contribution in [2.45, 2.75) is 75.5 Å². The van der Waals surface area contributed by atoms with Gasteiger partial charge in [0.1, 0.15) is 6.10 Å². The number of nitrogens with two attached hydrogens (primary N) is 1. The van der Waals surface area contributed by atoms with E-state index in [2.05, 4.69) is 0 Å². The summed E-state index contributed by atoms with van der Waals surface area (Å²) in [4.78, 5) is 10.8. The van der Waals surface area contributed by atoms with Crippen molar-refractivity contribution in [3.05, 3.63) is 12.2 Å². The second-order valence-corrected chi connectivity index (χ2v) is 5.64. The monoisotopic (exact) mass is 359 g/mol. The van der Waals surface area contributed by atoms with Crippen LogP contribution in [0.5, 0.6) is 0 Å². The van der Waals surface area contributed by atoms with E-state index >= 15 is 0 Å². The number of alkyl halides is 4. The van der Waals surface area contributed by atoms with Crippen LogP contribution in [-0.4, -0.2) is 51.9 Å². The van der Waals surface area contributed by atoms with Gasteiger partial charge >= 0.3 is 5.97 Å². The molecule has 0 heterocycles. The summed E-state index contributed by atoms with van der Waals surface area (Å²) in [6.45, 7) is 0. The fraction of sp³-hybridized carbons (Fsp3) is 0.800. The van der Waals surface area contributed by atoms with Gasteiger partial charge in [0.25, 0.3) is 6.43 Å². The van der Waals surface area contributed by atoms with Gasteiger partial charge in [-0.25, -0.2) is 22.4 Å². The summed E-state index contributed by atoms with van der Waals surface area (Å²) in [6.07, 6.45) is -3.94. The quantitative estimate of drug-likeness (QED) is 0.230. The molecule has 9 heteroatoms. The standard InChI is InChI=1S/C15H25F4NO4/c16-11(17)9-7-5-3-1-2-4-6-8-10(21)12(22)15(20,13(18)19)14(23)24/h4,6,10-13,21-22H,1-3,5,7-9,20H2,(H,23,24)/b6-4+. The summed E-state index contributed by atoms with van der Waals surface area (Å²) >= 11 is 0. The first-order chi connectivity index (χ1) is 11.1. The summed E-state index contributed by atoms with van der Waals surface area (Å²) in [7, 11) is 0. The van der Waals surface area contributed by atoms with Gasteiger partial charge in [0.15, 0.2) is 0 Å². The Hall–Kier alpha value is -1.19. The zero-order chi connectivity index (χ0) is 18.8. The molecule has 0 aromatic carbocycles. The number of unbranched alkanes of at least 4 members (excludes halogenated alkanes) is 4. The lowest BCUT2D eigenvalue weighted by molar-refractivity contribution is -0.163. The van der Waals surface area contributed by atoms with Crippen LogP contribution in [0.2, 0.25) is 0 Å². The molecule has 3 unspecified atom stereocenters. The number of halogens is 4. The largest absolute Gasteiger partial charge is 0.480 e. The molecule has 0 rings (SSSR count). The van der Waals surface area contributed by atoms with Gasteiger partial charge in [-0.3, -0.25) is 0 Å². The summed E-state index contributed by atoms with van der Waals surface area (Å²) in [6, 6.07) is 0. The summed E-state index contributed by atoms with van der Waals surface area (Å²) < 4.78 is 49.3. The third-order valence-electron chi connectivity index (χ3n) is 3.67. The molecule has 0 radical (unpaired) electrons. The predicted molar refractivity (Wildman–Crippen MR) is 80.0 cm³/mol. The Balaban J connectivity index is 4.11. The number of aliphatic hydroxyl groups excluding tert-OH is 2. The molecular formula is C15H25F4NO4. The molecular weight excluding hydrogens is 334 g/mol. The molecule has 5 N–H and O–H groups in total. The predicted octanol–water partition coefficient (Wildman–Crippen LogP) is 2.31. The first-order valence-electron chi connectivity index (χ1n) is 7.73. The van der Waals surface area contributed by atoms with E-state index in [0.717, 1.165) is 12.8 Å². The highest BCUT2D eigenvalue weighted by Gasteiger charge is 2.52. The van der Waals surface area contributed by atoms with Gasteiger partial charge in [-0.2, -0.15) is 0 Å². The molecule has 0 aromatic heterocycles. The van der Waals surface area contributed by atoms with Crippen LogP contribution in [0.25, 0.3) is 0 Å². The molecule has 0 amide bonds. The number of aliphatic carboxylic acids is 1. The van der Waals surface area contributed by atoms with Crippen molar-refractivity contribution >= 4 is 5.97 Å². The molecule has 0 aliphatic carbocycles. The van der Waals surface area contributed by atoms with Gasteiger partial charge in [-0.1, -0.05) is 25.0 Å². The molecule has 142 valence electrons. The number of rotatable bonds is 13. The first kappa shape index (κ1) is 22.8. The first-order valence-corrected chi connectivity index (χ1v) is 7.73. The molecule has 0 spiro atoms. The van der Waals surface area contributed by atoms with Crippen molar-refractivity contribution in [1.29, 1.82) is 0 Å². The van der Waals surface area contributed by atoms with E-state index in [4.69, 9.17) is 10.8 Å². The Morgan fingerprint density at radius 3 is 2.12 bits per heavy atom. The number of carboxylic acid groups (broad SMARTS) is 1. The molecule has 3 atom stereocenters. The van der Waals surface area contributed by atoms with Crippen LogP contribution in [0, 0.1) is 0 Å². The van der Waals surface area contributed by atoms with Gasteiger partial charge in [0.05, 0.1) is 6.10 Å². The number of allylic oxidation sites excluding steroid dienone is 1. The average Bonchev–Trinajstić information content (AvgIpc) is 2.50. The van der Waals surface area contributed by atoms with Crippen LogP contribution in [0.1, 0.15) is 44.9 Å². The maximum Gasteiger partial charge on any atom is 0.332 e. The minimum Gasteiger partial charge on any atom is -0.480 e. The molecule has 24 heavy (non-hydrogen) atoms. The van der Waals surface area contributed by atoms with Crippen molar-refractivity contribution in [1.82, 2.24) is 0 Å². The van der Waals surface area contributed by atoms with Crippen LogP contribution < -0.4 is 5.73 Å². The minimum absolute atomic E-state index is 0.117. The Labute approximate surface area is 138 Å². The van der Waals surface area contributed by atoms with Gasteiger partial charge in [0.2, 0.25) is 12.0 Å². The zero-order valence-electron chi connectivity index (χ0n) is 13.3. The molecule has 0 aliphatic rings. The highest BCUT2D eigenvalue weighted by atomic mass is 19.3. The second-order valence-electron chi connectivity index (χ2n) is 5.64. The maximum atomic E-state index is 12.7. The average molecular weight is 359 g/mol. The van der Waals surface area contributed by atoms with Crippen LogP contribution >= 0.6 is 0 Å². The lowest BCUT2D eigenvalue weighted by atomic mass is 9.89. The Bertz CT molecular complexity index is 396. The topological polar surface area (TPSA) is 104 Å². The molecule has 0 bridgehead atoms. The van der Waals surface area contributed by atoms with Crippen LogP contribution in [0.4, 0.5) is 17.6 Å². The lowest BCUT2D eigenvalue weighted by Gasteiger charge is -2.31. The second kappa shape index (κ2) is 11.4. The number of hydrogen-bond donors (Lipinski definition) is 4. The van der Waals surface area contributed by atoms with Crippen LogP contribution in [0.15, 0.2) is 12.2 Å². The number of aliphatic hydroxyl groups is 2. The Morgan fingerprint density at radius 1 is 1.04 bits per heavy atom. The Kier molecular flexibility index (Phi) is 10.8. The minimum atomic E-state index is -3.54. The van der Waals surface area contributed by atoms with Gasteiger partial charge in [0, 0.05) is 6.42 Å². The fourth-order valence-electron chi connectivity index (χ4n) is 2.06. The van der Waals surface area contributed by atoms with Crippen molar-refractivity contribution < 1.29 is 37.7 Å². The molecule has 5 nitrogen and oxygen atoms in total. The van der Waals surface area contributed by atoms with Crippen molar-refractivity contribution in [2.75, 3.05) is 0 Å². The number of hydrogen-bond acceptors (Lipinski definition) is 4. The van der Waals surface area contributed by atoms with Crippen molar-refractivity contribution in [3.63, 3.8) is 0 Å². The number of carbonyl (C=O) groups is 1. The van der Waals surface area contributed by atoms with Crippen LogP contribution in [-0.2, 0) is 4.79 Å². The maximum absolute atomic E-state index is 12.7. The zero-order valence-corrected chi connectivity index (χ0v) is 13.3. The molecule has 0 saturated carbocycles. The third kappa shape index (κ3) is 7.59. The SMILES string of the molecule is NC(C(=O)O)(C(F)F)C(O)C(O)C/C=C/CCCCCCC(F)F. The highest BCUT2D eigenvalue weighted by molar-refractivity contribution is 5.80. The van der Waals surface area contributed by atoms with E-state index in [0.29, 0.717) is 19.3 Å². The van der Waals surface area contributed by atoms with E-state index in [1.807, 2.05) is 0 Å². The van der Waals surface area contributed by atoms with Gasteiger partial charge < -0.3 is 21.1 Å². The van der Waals surface area contributed by atoms with Crippen molar-refractivity contribution in [2.24, 2.45) is 5.73 Å². The highest BCUT2D eigenvalue weighted by Crippen LogP contribution is 2.22. The lowest BCUT2D eigenvalue weighted by Crippen LogP contribution is -2.65. The number of carboxylic acids is 1. The van der Waals surface area contributed by atoms with Gasteiger partial charge in [-0.15, -0.1) is 0 Å². The normalized spacial score (nSPS) is 17.4. The van der Waals surface area contributed by atoms with E-state index in [9.17, 15) is 32.6 Å². The van der Waals surface area contributed by atoms with E-state index < -0.39 is 36.6 Å². The molecule has 0 saturated heterocycles. The molecule has 0 aromatic rings. The molecule has 0 aliphatic heterocycles. The van der Waals surface area contributed by atoms with Crippen molar-refractivity contribution in [3.8, 4) is 0 Å². The van der Waals surface area contributed by atoms with Gasteiger partial charge in [-0.05, 0) is 25.7 Å². The van der Waals surface area contributed by atoms with E-state index in [1.54, 1.807) is 6.08 Å². The smallest absolute Gasteiger partial charge is 0.332 e. The van der Waals surface area contributed by atoms with E-state index in [-0.39, 0.29) is 12.8 Å².